The number of alkyl halides is 1. The molecule has 0 saturated carbocycles. The summed E-state index contributed by atoms with van der Waals surface area (Å²) in [5.74, 6) is -1.76. The fourth-order valence-corrected chi connectivity index (χ4v) is 6.83. The number of amides is 2. The zero-order valence-corrected chi connectivity index (χ0v) is 36.4. The molecule has 2 aromatic rings. The first-order valence-electron chi connectivity index (χ1n) is 13.9. The van der Waals surface area contributed by atoms with Gasteiger partial charge in [0.25, 0.3) is 5.91 Å². The van der Waals surface area contributed by atoms with Crippen molar-refractivity contribution in [1.29, 1.82) is 0 Å². The molecule has 2 N–H and O–H groups in total. The van der Waals surface area contributed by atoms with Crippen LogP contribution in [0.25, 0.3) is 0 Å². The second-order valence-electron chi connectivity index (χ2n) is 12.1. The van der Waals surface area contributed by atoms with E-state index in [0.29, 0.717) is 11.3 Å². The molecule has 0 atom stereocenters. The van der Waals surface area contributed by atoms with E-state index in [0.717, 1.165) is 35.2 Å². The Morgan fingerprint density at radius 2 is 1.21 bits per heavy atom. The van der Waals surface area contributed by atoms with Crippen LogP contribution in [0.2, 0.25) is 0 Å². The van der Waals surface area contributed by atoms with Crippen molar-refractivity contribution < 1.29 is 110 Å². The van der Waals surface area contributed by atoms with Gasteiger partial charge in [0.15, 0.2) is 5.71 Å². The topological polar surface area (TPSA) is 256 Å². The van der Waals surface area contributed by atoms with Crippen LogP contribution in [-0.4, -0.2) is 104 Å². The monoisotopic (exact) mass is 851 g/mol. The van der Waals surface area contributed by atoms with E-state index in [-0.39, 0.29) is 96.3 Å². The minimum absolute atomic E-state index is 0. The van der Waals surface area contributed by atoms with E-state index in [1.807, 2.05) is 39.3 Å². The quantitative estimate of drug-likeness (QED) is 0.145. The third-order valence-corrected chi connectivity index (χ3v) is 10.8. The van der Waals surface area contributed by atoms with Crippen molar-refractivity contribution in [3.8, 4) is 0 Å². The SMILES string of the molecule is C.CC1=Nc2ccc(S(=O)(=O)[O-])cc2C1(C)C.CC1=[N+](CC(=O)NS(C)(=O)=O)c2ccc(S(=O)(=O)[O-])cc2C1(C)C.CS(=O)(=O)NC(=O)CCl.[B].[HH].[K+]. The molecule has 3 radical (unpaired) electrons. The average Bonchev–Trinajstić information content (AvgIpc) is 3.26. The number of nitrogens with one attached hydrogen (secondary N) is 2. The Balaban J connectivity index is -0.000000752. The van der Waals surface area contributed by atoms with Crippen LogP contribution in [-0.2, 0) is 60.7 Å². The molecule has 0 unspecified atom stereocenters. The maximum Gasteiger partial charge on any atom is 1.00 e. The summed E-state index contributed by atoms with van der Waals surface area (Å²) < 4.78 is 114. The normalized spacial score (nSPS) is 15.2. The van der Waals surface area contributed by atoms with E-state index in [9.17, 15) is 52.4 Å². The van der Waals surface area contributed by atoms with E-state index in [2.05, 4.69) is 4.99 Å². The molecule has 2 aliphatic rings. The smallest absolute Gasteiger partial charge is 0.744 e. The maximum absolute atomic E-state index is 11.9. The second kappa shape index (κ2) is 18.8. The zero-order valence-electron chi connectivity index (χ0n) is 29.3. The molecule has 0 aliphatic carbocycles. The van der Waals surface area contributed by atoms with Gasteiger partial charge in [0.2, 0.25) is 38.2 Å². The Morgan fingerprint density at radius 3 is 1.62 bits per heavy atom. The Morgan fingerprint density at radius 1 is 0.788 bits per heavy atom. The molecule has 0 saturated heterocycles. The molecule has 0 bridgehead atoms. The number of carbonyl (C=O) groups excluding carboxylic acids is 2. The number of aliphatic imine (C=N–C) groups is 1. The summed E-state index contributed by atoms with van der Waals surface area (Å²) in [4.78, 5) is 25.9. The molecule has 4 rings (SSSR count). The molecule has 2 heterocycles. The number of hydrogen-bond acceptors (Lipinski definition) is 13. The van der Waals surface area contributed by atoms with Gasteiger partial charge < -0.3 is 9.11 Å². The summed E-state index contributed by atoms with van der Waals surface area (Å²) in [7, 11) is -16.1. The van der Waals surface area contributed by atoms with Crippen LogP contribution in [0.3, 0.4) is 0 Å². The van der Waals surface area contributed by atoms with E-state index in [1.165, 1.54) is 30.3 Å². The molecule has 2 amide bonds. The Hall–Kier alpha value is -1.57. The van der Waals surface area contributed by atoms with Crippen LogP contribution in [0.5, 0.6) is 0 Å². The van der Waals surface area contributed by atoms with Gasteiger partial charge in [0.1, 0.15) is 26.1 Å². The van der Waals surface area contributed by atoms with Crippen molar-refractivity contribution >= 4 is 94.9 Å². The minimum Gasteiger partial charge on any atom is -0.744 e. The van der Waals surface area contributed by atoms with Crippen LogP contribution in [0.4, 0.5) is 11.4 Å². The van der Waals surface area contributed by atoms with E-state index in [4.69, 9.17) is 11.6 Å². The van der Waals surface area contributed by atoms with Crippen LogP contribution < -0.4 is 60.8 Å². The van der Waals surface area contributed by atoms with E-state index in [1.54, 1.807) is 22.3 Å². The summed E-state index contributed by atoms with van der Waals surface area (Å²) in [6.07, 6.45) is 1.77. The summed E-state index contributed by atoms with van der Waals surface area (Å²) in [6.45, 7) is 11.0. The first-order chi connectivity index (χ1) is 21.9. The molecule has 0 aromatic heterocycles. The Bertz CT molecular complexity index is 2220. The predicted molar refractivity (Wildman–Crippen MR) is 194 cm³/mol. The standard InChI is InChI=1S/C14H18N2O6S2.C11H13NO3S.C3H6ClNO3S.CH4.B.K.H2/c1-9-14(2,3)11-7-10(24(20,21)22)5-6-12(11)16(9)8-13(17)15-23(4,18)19;1-7-11(2,3)9-6-8(16(13,14)15)4-5-10(9)12-7;1-9(7,8)5-3(6)2-4;;;;/h5-7H,8H2,1-4H3,(H-,15,17,20,21,22);4-6H,1-3H3,(H,13,14,15);2H2,1H3,(H,5,6);1H4;;;1H/q;;;;;+1;/p-1. The molecule has 23 heteroatoms. The Kier molecular flexibility index (Phi) is 19.0. The van der Waals surface area contributed by atoms with Gasteiger partial charge >= 0.3 is 51.4 Å². The van der Waals surface area contributed by atoms with Crippen molar-refractivity contribution in [1.82, 2.24) is 9.44 Å². The predicted octanol–water partition coefficient (Wildman–Crippen LogP) is -1.16. The molecule has 16 nitrogen and oxygen atoms in total. The van der Waals surface area contributed by atoms with Crippen LogP contribution >= 0.6 is 11.6 Å². The molecule has 2 aliphatic heterocycles. The maximum atomic E-state index is 11.9. The van der Waals surface area contributed by atoms with Gasteiger partial charge in [-0.3, -0.25) is 19.3 Å². The fourth-order valence-electron chi connectivity index (χ4n) is 4.72. The van der Waals surface area contributed by atoms with Crippen LogP contribution in [0.15, 0.2) is 51.2 Å². The number of sulfonamides is 2. The number of halogens is 1. The zero-order chi connectivity index (χ0) is 38.1. The molecular weight excluding hydrogens is 810 g/mol. The third-order valence-electron chi connectivity index (χ3n) is 7.67. The Labute approximate surface area is 357 Å². The molecule has 0 fully saturated rings. The fraction of sp³-hybridized carbons (Fsp3) is 0.448. The summed E-state index contributed by atoms with van der Waals surface area (Å²) >= 11 is 4.98. The van der Waals surface area contributed by atoms with Crippen LogP contribution in [0, 0.1) is 0 Å². The van der Waals surface area contributed by atoms with Crippen molar-refractivity contribution in [2.45, 2.75) is 69.6 Å². The second-order valence-corrected chi connectivity index (χ2v) is 18.6. The van der Waals surface area contributed by atoms with Gasteiger partial charge in [0.05, 0.1) is 33.4 Å². The summed E-state index contributed by atoms with van der Waals surface area (Å²) in [5, 5.41) is 0. The molecule has 52 heavy (non-hydrogen) atoms. The molecule has 0 spiro atoms. The summed E-state index contributed by atoms with van der Waals surface area (Å²) in [6, 6.07) is 8.24. The van der Waals surface area contributed by atoms with E-state index < -0.39 is 57.5 Å². The van der Waals surface area contributed by atoms with Crippen LogP contribution in [0.1, 0.15) is 61.5 Å². The van der Waals surface area contributed by atoms with Gasteiger partial charge in [-0.15, -0.1) is 11.6 Å². The number of nitrogens with zero attached hydrogens (tertiary/aromatic N) is 2. The number of rotatable bonds is 7. The summed E-state index contributed by atoms with van der Waals surface area (Å²) in [5.41, 5.74) is 3.43. The van der Waals surface area contributed by atoms with Gasteiger partial charge in [-0.05, 0) is 56.7 Å². The van der Waals surface area contributed by atoms with Crippen molar-refractivity contribution in [3.63, 3.8) is 0 Å². The third kappa shape index (κ3) is 13.9. The number of carbonyl (C=O) groups is 2. The van der Waals surface area contributed by atoms with Gasteiger partial charge in [-0.1, -0.05) is 21.3 Å². The van der Waals surface area contributed by atoms with Gasteiger partial charge in [-0.25, -0.2) is 38.4 Å². The average molecular weight is 852 g/mol. The van der Waals surface area contributed by atoms with Crippen molar-refractivity contribution in [2.24, 2.45) is 4.99 Å². The van der Waals surface area contributed by atoms with Crippen molar-refractivity contribution in [3.05, 3.63) is 47.5 Å². The number of benzene rings is 2. The minimum atomic E-state index is -4.59. The number of fused-ring (bicyclic) bond motifs is 2. The largest absolute Gasteiger partial charge is 1.00 e. The van der Waals surface area contributed by atoms with Gasteiger partial charge in [-0.2, -0.15) is 4.58 Å². The first-order valence-corrected chi connectivity index (χ1v) is 21.0. The first kappa shape index (κ1) is 52.5. The van der Waals surface area contributed by atoms with Crippen molar-refractivity contribution in [2.75, 3.05) is 24.9 Å². The van der Waals surface area contributed by atoms with Gasteiger partial charge in [0, 0.05) is 39.5 Å². The molecular formula is C29H42BClKN4O12S4. The molecule has 285 valence electrons. The molecule has 2 aromatic carbocycles. The van der Waals surface area contributed by atoms with E-state index >= 15 is 0 Å². The number of hydrogen-bond donors (Lipinski definition) is 2.